The molecule has 3 rings (SSSR count). The zero-order valence-electron chi connectivity index (χ0n) is 19.3. The number of carbonyl (C=O) groups excluding carboxylic acids is 1. The average molecular weight is 409 g/mol. The third-order valence-electron chi connectivity index (χ3n) is 6.21. The van der Waals surface area contributed by atoms with Gasteiger partial charge in [0.1, 0.15) is 5.75 Å². The lowest BCUT2D eigenvalue weighted by molar-refractivity contribution is 0.0939. The Morgan fingerprint density at radius 2 is 1.87 bits per heavy atom. The van der Waals surface area contributed by atoms with Crippen LogP contribution in [0, 0.1) is 12.8 Å². The maximum atomic E-state index is 13.0. The number of piperidine rings is 1. The molecule has 4 heteroatoms. The van der Waals surface area contributed by atoms with Gasteiger partial charge in [0.15, 0.2) is 0 Å². The standard InChI is InChI=1S/C26H36N2O2/c1-17(2)23-15-24(19(4)14-25(23)30-6)26(29)27-20(5)21-9-11-22(12-10-21)28-13-7-8-18(3)16-28/h9-12,14-15,17-18,20H,7-8,13,16H2,1-6H3,(H,27,29)/t18-,20+/m0/s1. The molecule has 0 unspecified atom stereocenters. The van der Waals surface area contributed by atoms with Crippen molar-refractivity contribution in [2.45, 2.75) is 59.4 Å². The Balaban J connectivity index is 1.72. The van der Waals surface area contributed by atoms with Gasteiger partial charge < -0.3 is 15.0 Å². The van der Waals surface area contributed by atoms with Crippen LogP contribution in [0.2, 0.25) is 0 Å². The van der Waals surface area contributed by atoms with Crippen molar-refractivity contribution in [1.29, 1.82) is 0 Å². The van der Waals surface area contributed by atoms with Crippen molar-refractivity contribution in [3.8, 4) is 5.75 Å². The Morgan fingerprint density at radius 3 is 2.47 bits per heavy atom. The molecule has 2 aromatic carbocycles. The molecule has 1 amide bonds. The lowest BCUT2D eigenvalue weighted by Crippen LogP contribution is -2.34. The van der Waals surface area contributed by atoms with Crippen molar-refractivity contribution >= 4 is 11.6 Å². The highest BCUT2D eigenvalue weighted by atomic mass is 16.5. The molecule has 1 heterocycles. The molecule has 30 heavy (non-hydrogen) atoms. The number of nitrogens with zero attached hydrogens (tertiary/aromatic N) is 1. The third kappa shape index (κ3) is 4.97. The van der Waals surface area contributed by atoms with E-state index in [1.807, 2.05) is 26.0 Å². The molecule has 0 radical (unpaired) electrons. The van der Waals surface area contributed by atoms with Gasteiger partial charge in [0.05, 0.1) is 13.2 Å². The predicted octanol–water partition coefficient (Wildman–Crippen LogP) is 5.85. The van der Waals surface area contributed by atoms with Crippen LogP contribution in [-0.2, 0) is 0 Å². The molecule has 1 N–H and O–H groups in total. The molecule has 4 nitrogen and oxygen atoms in total. The lowest BCUT2D eigenvalue weighted by Gasteiger charge is -2.33. The summed E-state index contributed by atoms with van der Waals surface area (Å²) in [5.74, 6) is 1.84. The van der Waals surface area contributed by atoms with Crippen LogP contribution in [-0.4, -0.2) is 26.1 Å². The van der Waals surface area contributed by atoms with Gasteiger partial charge in [0.25, 0.3) is 5.91 Å². The van der Waals surface area contributed by atoms with Crippen LogP contribution in [0.25, 0.3) is 0 Å². The third-order valence-corrected chi connectivity index (χ3v) is 6.21. The Hall–Kier alpha value is -2.49. The van der Waals surface area contributed by atoms with E-state index in [4.69, 9.17) is 4.74 Å². The van der Waals surface area contributed by atoms with Gasteiger partial charge in [-0.2, -0.15) is 0 Å². The number of benzene rings is 2. The number of hydrogen-bond acceptors (Lipinski definition) is 3. The van der Waals surface area contributed by atoms with Crippen LogP contribution in [0.1, 0.15) is 79.5 Å². The van der Waals surface area contributed by atoms with E-state index in [0.717, 1.165) is 41.4 Å². The van der Waals surface area contributed by atoms with E-state index >= 15 is 0 Å². The molecule has 2 atom stereocenters. The van der Waals surface area contributed by atoms with Gasteiger partial charge in [-0.05, 0) is 79.5 Å². The van der Waals surface area contributed by atoms with Crippen LogP contribution in [0.5, 0.6) is 5.75 Å². The van der Waals surface area contributed by atoms with Crippen LogP contribution >= 0.6 is 0 Å². The fourth-order valence-corrected chi connectivity index (χ4v) is 4.33. The minimum absolute atomic E-state index is 0.0431. The first-order chi connectivity index (χ1) is 14.3. The molecule has 162 valence electrons. The van der Waals surface area contributed by atoms with Crippen molar-refractivity contribution in [2.75, 3.05) is 25.1 Å². The summed E-state index contributed by atoms with van der Waals surface area (Å²) in [7, 11) is 1.68. The molecule has 2 aromatic rings. The molecule has 0 aliphatic carbocycles. The Labute approximate surface area is 181 Å². The molecule has 0 spiro atoms. The van der Waals surface area contributed by atoms with Gasteiger partial charge in [0.2, 0.25) is 0 Å². The quantitative estimate of drug-likeness (QED) is 0.651. The topological polar surface area (TPSA) is 41.6 Å². The first kappa shape index (κ1) is 22.2. The summed E-state index contributed by atoms with van der Waals surface area (Å²) in [6.45, 7) is 12.8. The zero-order chi connectivity index (χ0) is 21.8. The van der Waals surface area contributed by atoms with Gasteiger partial charge in [-0.15, -0.1) is 0 Å². The van der Waals surface area contributed by atoms with Gasteiger partial charge >= 0.3 is 0 Å². The molecule has 1 saturated heterocycles. The molecule has 1 aliphatic rings. The number of amides is 1. The van der Waals surface area contributed by atoms with E-state index in [9.17, 15) is 4.79 Å². The molecule has 1 aliphatic heterocycles. The highest BCUT2D eigenvalue weighted by molar-refractivity contribution is 5.96. The summed E-state index contributed by atoms with van der Waals surface area (Å²) in [6.07, 6.45) is 2.58. The summed E-state index contributed by atoms with van der Waals surface area (Å²) in [4.78, 5) is 15.5. The van der Waals surface area contributed by atoms with E-state index in [-0.39, 0.29) is 17.9 Å². The summed E-state index contributed by atoms with van der Waals surface area (Å²) in [5, 5.41) is 3.17. The SMILES string of the molecule is COc1cc(C)c(C(=O)N[C@H](C)c2ccc(N3CCC[C@H](C)C3)cc2)cc1C(C)C. The fraction of sp³-hybridized carbons (Fsp3) is 0.500. The fourth-order valence-electron chi connectivity index (χ4n) is 4.33. The molecular formula is C26H36N2O2. The number of carbonyl (C=O) groups is 1. The summed E-state index contributed by atoms with van der Waals surface area (Å²) < 4.78 is 5.50. The minimum Gasteiger partial charge on any atom is -0.496 e. The highest BCUT2D eigenvalue weighted by Crippen LogP contribution is 2.30. The number of nitrogens with one attached hydrogen (secondary N) is 1. The van der Waals surface area contributed by atoms with E-state index in [2.05, 4.69) is 55.3 Å². The van der Waals surface area contributed by atoms with Crippen LogP contribution in [0.3, 0.4) is 0 Å². The molecule has 0 aromatic heterocycles. The van der Waals surface area contributed by atoms with E-state index in [1.54, 1.807) is 7.11 Å². The van der Waals surface area contributed by atoms with Crippen molar-refractivity contribution in [3.05, 3.63) is 58.7 Å². The van der Waals surface area contributed by atoms with Crippen molar-refractivity contribution in [3.63, 3.8) is 0 Å². The summed E-state index contributed by atoms with van der Waals surface area (Å²) in [6, 6.07) is 12.5. The van der Waals surface area contributed by atoms with E-state index < -0.39 is 0 Å². The van der Waals surface area contributed by atoms with E-state index in [0.29, 0.717) is 5.56 Å². The molecule has 1 fully saturated rings. The van der Waals surface area contributed by atoms with Crippen LogP contribution in [0.15, 0.2) is 36.4 Å². The number of hydrogen-bond donors (Lipinski definition) is 1. The number of methoxy groups -OCH3 is 1. The zero-order valence-corrected chi connectivity index (χ0v) is 19.3. The number of anilines is 1. The second-order valence-electron chi connectivity index (χ2n) is 9.04. The maximum Gasteiger partial charge on any atom is 0.252 e. The second-order valence-corrected chi connectivity index (χ2v) is 9.04. The predicted molar refractivity (Wildman–Crippen MR) is 125 cm³/mol. The number of rotatable bonds is 6. The first-order valence-electron chi connectivity index (χ1n) is 11.1. The van der Waals surface area contributed by atoms with Gasteiger partial charge in [-0.25, -0.2) is 0 Å². The van der Waals surface area contributed by atoms with Crippen molar-refractivity contribution in [2.24, 2.45) is 5.92 Å². The molecule has 0 saturated carbocycles. The Kier molecular flexibility index (Phi) is 7.06. The Bertz CT molecular complexity index is 873. The normalized spacial score (nSPS) is 17.7. The monoisotopic (exact) mass is 408 g/mol. The summed E-state index contributed by atoms with van der Waals surface area (Å²) >= 11 is 0. The smallest absolute Gasteiger partial charge is 0.252 e. The van der Waals surface area contributed by atoms with Crippen LogP contribution < -0.4 is 15.0 Å². The lowest BCUT2D eigenvalue weighted by atomic mass is 9.95. The number of aryl methyl sites for hydroxylation is 1. The van der Waals surface area contributed by atoms with Gasteiger partial charge in [-0.3, -0.25) is 4.79 Å². The van der Waals surface area contributed by atoms with Crippen LogP contribution in [0.4, 0.5) is 5.69 Å². The molecular weight excluding hydrogens is 372 g/mol. The number of ether oxygens (including phenoxy) is 1. The van der Waals surface area contributed by atoms with E-state index in [1.165, 1.54) is 18.5 Å². The van der Waals surface area contributed by atoms with Gasteiger partial charge in [0, 0.05) is 24.3 Å². The van der Waals surface area contributed by atoms with Gasteiger partial charge in [-0.1, -0.05) is 32.9 Å². The maximum absolute atomic E-state index is 13.0. The summed E-state index contributed by atoms with van der Waals surface area (Å²) in [5.41, 5.74) is 5.09. The molecule has 0 bridgehead atoms. The largest absolute Gasteiger partial charge is 0.496 e. The van der Waals surface area contributed by atoms with Crippen molar-refractivity contribution in [1.82, 2.24) is 5.32 Å². The minimum atomic E-state index is -0.0594. The van der Waals surface area contributed by atoms with Crippen molar-refractivity contribution < 1.29 is 9.53 Å². The average Bonchev–Trinajstić information content (AvgIpc) is 2.73. The second kappa shape index (κ2) is 9.55. The Morgan fingerprint density at radius 1 is 1.17 bits per heavy atom. The first-order valence-corrected chi connectivity index (χ1v) is 11.1. The highest BCUT2D eigenvalue weighted by Gasteiger charge is 2.19.